The van der Waals surface area contributed by atoms with Gasteiger partial charge in [-0.2, -0.15) is 0 Å². The number of carbonyl (C=O) groups is 1. The van der Waals surface area contributed by atoms with Crippen LogP contribution in [-0.4, -0.2) is 43.9 Å². The van der Waals surface area contributed by atoms with Gasteiger partial charge in [-0.25, -0.2) is 0 Å². The van der Waals surface area contributed by atoms with Gasteiger partial charge >= 0.3 is 0 Å². The number of piperazine rings is 1. The summed E-state index contributed by atoms with van der Waals surface area (Å²) in [4.78, 5) is 15.7. The Morgan fingerprint density at radius 1 is 1.28 bits per heavy atom. The molecule has 1 heterocycles. The second kappa shape index (κ2) is 5.72. The number of ketones is 1. The molecule has 1 aliphatic heterocycles. The van der Waals surface area contributed by atoms with Gasteiger partial charge in [-0.15, -0.1) is 0 Å². The molecule has 4 heteroatoms. The van der Waals surface area contributed by atoms with E-state index >= 15 is 0 Å². The highest BCUT2D eigenvalue weighted by molar-refractivity contribution is 6.33. The van der Waals surface area contributed by atoms with E-state index in [9.17, 15) is 4.79 Å². The molecule has 1 aromatic carbocycles. The van der Waals surface area contributed by atoms with Gasteiger partial charge in [0.05, 0.1) is 10.7 Å². The predicted octanol–water partition coefficient (Wildman–Crippen LogP) is 2.22. The van der Waals surface area contributed by atoms with Crippen LogP contribution in [0.2, 0.25) is 5.02 Å². The second-order valence-corrected chi connectivity index (χ2v) is 5.36. The third-order valence-corrected chi connectivity index (χ3v) is 3.61. The third-order valence-electron chi connectivity index (χ3n) is 3.31. The molecule has 0 saturated carbocycles. The Hall–Kier alpha value is -1.06. The summed E-state index contributed by atoms with van der Waals surface area (Å²) >= 11 is 6.32. The van der Waals surface area contributed by atoms with Crippen molar-refractivity contribution < 1.29 is 4.79 Å². The van der Waals surface area contributed by atoms with Crippen LogP contribution in [0.1, 0.15) is 12.5 Å². The Labute approximate surface area is 113 Å². The van der Waals surface area contributed by atoms with E-state index in [1.165, 1.54) is 0 Å². The Morgan fingerprint density at radius 2 is 1.94 bits per heavy atom. The van der Waals surface area contributed by atoms with E-state index in [0.29, 0.717) is 6.42 Å². The molecule has 18 heavy (non-hydrogen) atoms. The van der Waals surface area contributed by atoms with Crippen molar-refractivity contribution in [1.82, 2.24) is 4.90 Å². The molecule has 1 saturated heterocycles. The molecule has 0 aliphatic carbocycles. The lowest BCUT2D eigenvalue weighted by molar-refractivity contribution is -0.116. The molecule has 3 nitrogen and oxygen atoms in total. The molecule has 0 aromatic heterocycles. The SMILES string of the molecule is CC(=O)Cc1ccc(N2CCN(C)CC2)c(Cl)c1. The van der Waals surface area contributed by atoms with E-state index in [2.05, 4.69) is 16.8 Å². The highest BCUT2D eigenvalue weighted by atomic mass is 35.5. The van der Waals surface area contributed by atoms with Crippen LogP contribution >= 0.6 is 11.6 Å². The van der Waals surface area contributed by atoms with Crippen LogP contribution in [0.4, 0.5) is 5.69 Å². The van der Waals surface area contributed by atoms with Crippen LogP contribution in [0.25, 0.3) is 0 Å². The van der Waals surface area contributed by atoms with Crippen molar-refractivity contribution in [3.05, 3.63) is 28.8 Å². The van der Waals surface area contributed by atoms with Crippen molar-refractivity contribution in [2.45, 2.75) is 13.3 Å². The van der Waals surface area contributed by atoms with E-state index in [1.54, 1.807) is 6.92 Å². The average Bonchev–Trinajstić information content (AvgIpc) is 2.30. The normalized spacial score (nSPS) is 16.9. The van der Waals surface area contributed by atoms with Crippen molar-refractivity contribution in [2.75, 3.05) is 38.1 Å². The van der Waals surface area contributed by atoms with Gasteiger partial charge in [0.25, 0.3) is 0 Å². The fourth-order valence-electron chi connectivity index (χ4n) is 2.25. The Balaban J connectivity index is 2.12. The van der Waals surface area contributed by atoms with Gasteiger partial charge in [0.1, 0.15) is 5.78 Å². The van der Waals surface area contributed by atoms with Crippen molar-refractivity contribution >= 4 is 23.1 Å². The maximum atomic E-state index is 11.1. The van der Waals surface area contributed by atoms with Crippen LogP contribution in [0, 0.1) is 0 Å². The zero-order valence-corrected chi connectivity index (χ0v) is 11.7. The third kappa shape index (κ3) is 3.24. The van der Waals surface area contributed by atoms with Gasteiger partial charge in [-0.1, -0.05) is 17.7 Å². The van der Waals surface area contributed by atoms with E-state index < -0.39 is 0 Å². The van der Waals surface area contributed by atoms with Crippen LogP contribution < -0.4 is 4.90 Å². The van der Waals surface area contributed by atoms with Crippen LogP contribution in [-0.2, 0) is 11.2 Å². The number of nitrogens with zero attached hydrogens (tertiary/aromatic N) is 2. The van der Waals surface area contributed by atoms with Gasteiger partial charge in [0.2, 0.25) is 0 Å². The number of hydrogen-bond donors (Lipinski definition) is 0. The van der Waals surface area contributed by atoms with Crippen LogP contribution in [0.15, 0.2) is 18.2 Å². The first-order chi connectivity index (χ1) is 8.56. The zero-order valence-electron chi connectivity index (χ0n) is 10.9. The van der Waals surface area contributed by atoms with Crippen molar-refractivity contribution in [3.8, 4) is 0 Å². The van der Waals surface area contributed by atoms with Crippen molar-refractivity contribution in [1.29, 1.82) is 0 Å². The van der Waals surface area contributed by atoms with Gasteiger partial charge in [0.15, 0.2) is 0 Å². The number of Topliss-reactive ketones (excluding diaryl/α,β-unsaturated/α-hetero) is 1. The maximum absolute atomic E-state index is 11.1. The maximum Gasteiger partial charge on any atom is 0.134 e. The Morgan fingerprint density at radius 3 is 2.50 bits per heavy atom. The summed E-state index contributed by atoms with van der Waals surface area (Å²) in [6, 6.07) is 5.95. The molecule has 0 atom stereocenters. The highest BCUT2D eigenvalue weighted by Gasteiger charge is 2.16. The molecule has 0 N–H and O–H groups in total. The molecule has 1 fully saturated rings. The lowest BCUT2D eigenvalue weighted by atomic mass is 10.1. The first kappa shape index (κ1) is 13.4. The highest BCUT2D eigenvalue weighted by Crippen LogP contribution is 2.27. The summed E-state index contributed by atoms with van der Waals surface area (Å²) in [5, 5.41) is 0.748. The van der Waals surface area contributed by atoms with Crippen LogP contribution in [0.5, 0.6) is 0 Å². The number of halogens is 1. The largest absolute Gasteiger partial charge is 0.368 e. The quantitative estimate of drug-likeness (QED) is 0.838. The van der Waals surface area contributed by atoms with Gasteiger partial charge in [-0.3, -0.25) is 4.79 Å². The van der Waals surface area contributed by atoms with E-state index in [-0.39, 0.29) is 5.78 Å². The van der Waals surface area contributed by atoms with E-state index in [0.717, 1.165) is 42.5 Å². The minimum absolute atomic E-state index is 0.165. The molecule has 0 unspecified atom stereocenters. The first-order valence-electron chi connectivity index (χ1n) is 6.27. The molecule has 0 bridgehead atoms. The van der Waals surface area contributed by atoms with Crippen LogP contribution in [0.3, 0.4) is 0 Å². The smallest absolute Gasteiger partial charge is 0.134 e. The number of anilines is 1. The molecule has 0 spiro atoms. The lowest BCUT2D eigenvalue weighted by Crippen LogP contribution is -2.44. The average molecular weight is 267 g/mol. The Kier molecular flexibility index (Phi) is 4.25. The van der Waals surface area contributed by atoms with E-state index in [4.69, 9.17) is 11.6 Å². The lowest BCUT2D eigenvalue weighted by Gasteiger charge is -2.34. The number of carbonyl (C=O) groups excluding carboxylic acids is 1. The summed E-state index contributed by atoms with van der Waals surface area (Å²) in [7, 11) is 2.13. The summed E-state index contributed by atoms with van der Waals surface area (Å²) in [5.74, 6) is 0.165. The number of rotatable bonds is 3. The summed E-state index contributed by atoms with van der Waals surface area (Å²) < 4.78 is 0. The molecule has 0 amide bonds. The second-order valence-electron chi connectivity index (χ2n) is 4.95. The minimum Gasteiger partial charge on any atom is -0.368 e. The molecule has 1 aliphatic rings. The summed E-state index contributed by atoms with van der Waals surface area (Å²) in [6.45, 7) is 5.73. The van der Waals surface area contributed by atoms with E-state index in [1.807, 2.05) is 18.2 Å². The number of benzene rings is 1. The molecule has 98 valence electrons. The summed E-state index contributed by atoms with van der Waals surface area (Å²) in [5.41, 5.74) is 2.07. The Bertz CT molecular complexity index is 439. The van der Waals surface area contributed by atoms with Crippen molar-refractivity contribution in [3.63, 3.8) is 0 Å². The number of hydrogen-bond acceptors (Lipinski definition) is 3. The number of likely N-dealkylation sites (N-methyl/N-ethyl adjacent to an activating group) is 1. The minimum atomic E-state index is 0.165. The summed E-state index contributed by atoms with van der Waals surface area (Å²) in [6.07, 6.45) is 0.461. The molecular formula is C14H19ClN2O. The fourth-order valence-corrected chi connectivity index (χ4v) is 2.57. The predicted molar refractivity (Wildman–Crippen MR) is 75.5 cm³/mol. The topological polar surface area (TPSA) is 23.6 Å². The fraction of sp³-hybridized carbons (Fsp3) is 0.500. The van der Waals surface area contributed by atoms with Gasteiger partial charge in [-0.05, 0) is 31.7 Å². The first-order valence-corrected chi connectivity index (χ1v) is 6.65. The molecule has 0 radical (unpaired) electrons. The van der Waals surface area contributed by atoms with Crippen molar-refractivity contribution in [2.24, 2.45) is 0 Å². The molecule has 2 rings (SSSR count). The zero-order chi connectivity index (χ0) is 13.1. The van der Waals surface area contributed by atoms with Gasteiger partial charge < -0.3 is 9.80 Å². The monoisotopic (exact) mass is 266 g/mol. The molecular weight excluding hydrogens is 248 g/mol. The van der Waals surface area contributed by atoms with Gasteiger partial charge in [0, 0.05) is 32.6 Å². The molecule has 1 aromatic rings. The standard InChI is InChI=1S/C14H19ClN2O/c1-11(18)9-12-3-4-14(13(15)10-12)17-7-5-16(2)6-8-17/h3-4,10H,5-9H2,1-2H3.